The van der Waals surface area contributed by atoms with E-state index in [0.29, 0.717) is 0 Å². The van der Waals surface area contributed by atoms with E-state index in [1.54, 1.807) is 6.92 Å². The lowest BCUT2D eigenvalue weighted by molar-refractivity contribution is -0.128. The van der Waals surface area contributed by atoms with Crippen LogP contribution in [0, 0.1) is 6.92 Å². The molecule has 2 aromatic carbocycles. The fraction of sp³-hybridized carbons (Fsp3) is 0.316. The fourth-order valence-electron chi connectivity index (χ4n) is 2.33. The van der Waals surface area contributed by atoms with Crippen LogP contribution in [-0.4, -0.2) is 12.0 Å². The summed E-state index contributed by atoms with van der Waals surface area (Å²) < 4.78 is 5.78. The molecule has 0 aliphatic carbocycles. The Morgan fingerprint density at radius 1 is 1.09 bits per heavy atom. The topological polar surface area (TPSA) is 38.3 Å². The van der Waals surface area contributed by atoms with Gasteiger partial charge in [-0.05, 0) is 37.5 Å². The molecule has 2 atom stereocenters. The Balaban J connectivity index is 2.00. The average molecular weight is 297 g/mol. The number of para-hydroxylation sites is 1. The van der Waals surface area contributed by atoms with Crippen molar-refractivity contribution in [2.45, 2.75) is 39.3 Å². The van der Waals surface area contributed by atoms with Gasteiger partial charge in [0, 0.05) is 0 Å². The van der Waals surface area contributed by atoms with Crippen LogP contribution in [0.4, 0.5) is 0 Å². The van der Waals surface area contributed by atoms with E-state index in [1.807, 2.05) is 61.5 Å². The van der Waals surface area contributed by atoms with Gasteiger partial charge >= 0.3 is 0 Å². The Morgan fingerprint density at radius 3 is 2.36 bits per heavy atom. The molecular formula is C19H23NO2. The number of ether oxygens (including phenoxy) is 1. The monoisotopic (exact) mass is 297 g/mol. The van der Waals surface area contributed by atoms with E-state index in [-0.39, 0.29) is 11.9 Å². The predicted molar refractivity (Wildman–Crippen MR) is 88.9 cm³/mol. The van der Waals surface area contributed by atoms with Gasteiger partial charge in [0.2, 0.25) is 0 Å². The largest absolute Gasteiger partial charge is 0.481 e. The summed E-state index contributed by atoms with van der Waals surface area (Å²) in [5.41, 5.74) is 2.14. The van der Waals surface area contributed by atoms with E-state index in [2.05, 4.69) is 12.2 Å². The van der Waals surface area contributed by atoms with Gasteiger partial charge < -0.3 is 10.1 Å². The second-order valence-corrected chi connectivity index (χ2v) is 5.41. The number of carbonyl (C=O) groups is 1. The van der Waals surface area contributed by atoms with Gasteiger partial charge in [-0.25, -0.2) is 0 Å². The van der Waals surface area contributed by atoms with Crippen molar-refractivity contribution in [3.05, 3.63) is 65.7 Å². The smallest absolute Gasteiger partial charge is 0.261 e. The normalized spacial score (nSPS) is 13.2. The number of aryl methyl sites for hydroxylation is 1. The van der Waals surface area contributed by atoms with Gasteiger partial charge in [-0.3, -0.25) is 4.79 Å². The van der Waals surface area contributed by atoms with Crippen molar-refractivity contribution in [1.82, 2.24) is 5.32 Å². The summed E-state index contributed by atoms with van der Waals surface area (Å²) in [6.45, 7) is 5.81. The number of hydrogen-bond acceptors (Lipinski definition) is 2. The molecule has 0 radical (unpaired) electrons. The van der Waals surface area contributed by atoms with Crippen LogP contribution in [0.1, 0.15) is 37.4 Å². The molecule has 1 N–H and O–H groups in total. The first-order chi connectivity index (χ1) is 10.6. The molecule has 0 saturated heterocycles. The van der Waals surface area contributed by atoms with Crippen molar-refractivity contribution in [2.24, 2.45) is 0 Å². The zero-order valence-corrected chi connectivity index (χ0v) is 13.4. The molecule has 0 saturated carbocycles. The van der Waals surface area contributed by atoms with Crippen molar-refractivity contribution < 1.29 is 9.53 Å². The highest BCUT2D eigenvalue weighted by atomic mass is 16.5. The van der Waals surface area contributed by atoms with Gasteiger partial charge in [0.15, 0.2) is 6.10 Å². The molecule has 0 fully saturated rings. The summed E-state index contributed by atoms with van der Waals surface area (Å²) in [5.74, 6) is 0.650. The molecule has 3 nitrogen and oxygen atoms in total. The van der Waals surface area contributed by atoms with Crippen LogP contribution in [-0.2, 0) is 4.79 Å². The molecule has 2 rings (SSSR count). The maximum absolute atomic E-state index is 12.4. The number of benzene rings is 2. The zero-order valence-electron chi connectivity index (χ0n) is 13.4. The maximum Gasteiger partial charge on any atom is 0.261 e. The molecule has 0 aromatic heterocycles. The van der Waals surface area contributed by atoms with Crippen molar-refractivity contribution in [1.29, 1.82) is 0 Å². The number of nitrogens with one attached hydrogen (secondary N) is 1. The molecule has 0 bridgehead atoms. The van der Waals surface area contributed by atoms with Crippen LogP contribution in [0.15, 0.2) is 54.6 Å². The quantitative estimate of drug-likeness (QED) is 0.874. The summed E-state index contributed by atoms with van der Waals surface area (Å²) in [6, 6.07) is 17.7. The molecule has 1 amide bonds. The number of rotatable bonds is 6. The van der Waals surface area contributed by atoms with E-state index in [9.17, 15) is 4.79 Å². The second-order valence-electron chi connectivity index (χ2n) is 5.41. The highest BCUT2D eigenvalue weighted by molar-refractivity contribution is 5.81. The van der Waals surface area contributed by atoms with Crippen LogP contribution in [0.25, 0.3) is 0 Å². The van der Waals surface area contributed by atoms with Gasteiger partial charge in [0.1, 0.15) is 5.75 Å². The zero-order chi connectivity index (χ0) is 15.9. The minimum atomic E-state index is -0.529. The van der Waals surface area contributed by atoms with Gasteiger partial charge in [-0.1, -0.05) is 55.5 Å². The molecule has 0 heterocycles. The Bertz CT molecular complexity index is 610. The summed E-state index contributed by atoms with van der Waals surface area (Å²) in [5, 5.41) is 3.06. The van der Waals surface area contributed by atoms with Gasteiger partial charge in [0.05, 0.1) is 6.04 Å². The number of amides is 1. The molecular weight excluding hydrogens is 274 g/mol. The van der Waals surface area contributed by atoms with Crippen molar-refractivity contribution in [2.75, 3.05) is 0 Å². The Kier molecular flexibility index (Phi) is 5.59. The number of hydrogen-bond donors (Lipinski definition) is 1. The Hall–Kier alpha value is -2.29. The fourth-order valence-corrected chi connectivity index (χ4v) is 2.33. The van der Waals surface area contributed by atoms with E-state index < -0.39 is 6.10 Å². The maximum atomic E-state index is 12.4. The molecule has 3 heteroatoms. The third-order valence-electron chi connectivity index (χ3n) is 3.69. The lowest BCUT2D eigenvalue weighted by atomic mass is 10.0. The van der Waals surface area contributed by atoms with E-state index in [1.165, 1.54) is 0 Å². The van der Waals surface area contributed by atoms with Gasteiger partial charge in [-0.2, -0.15) is 0 Å². The Morgan fingerprint density at radius 2 is 1.73 bits per heavy atom. The molecule has 0 spiro atoms. The molecule has 2 aromatic rings. The standard InChI is InChI=1S/C19H23NO2/c1-4-17(16-11-6-5-7-12-16)20-19(21)15(3)22-18-13-9-8-10-14(18)2/h5-13,15,17H,4H2,1-3H3,(H,20,21). The van der Waals surface area contributed by atoms with Crippen molar-refractivity contribution >= 4 is 5.91 Å². The molecule has 2 unspecified atom stereocenters. The van der Waals surface area contributed by atoms with Crippen LogP contribution >= 0.6 is 0 Å². The minimum Gasteiger partial charge on any atom is -0.481 e. The summed E-state index contributed by atoms with van der Waals surface area (Å²) >= 11 is 0. The average Bonchev–Trinajstić information content (AvgIpc) is 2.55. The third kappa shape index (κ3) is 4.10. The molecule has 0 aliphatic rings. The van der Waals surface area contributed by atoms with E-state index >= 15 is 0 Å². The Labute approximate surface area is 132 Å². The first-order valence-electron chi connectivity index (χ1n) is 7.69. The minimum absolute atomic E-state index is 0.0108. The number of carbonyl (C=O) groups excluding carboxylic acids is 1. The van der Waals surface area contributed by atoms with Crippen molar-refractivity contribution in [3.8, 4) is 5.75 Å². The highest BCUT2D eigenvalue weighted by Crippen LogP contribution is 2.19. The van der Waals surface area contributed by atoms with Crippen LogP contribution < -0.4 is 10.1 Å². The summed E-state index contributed by atoms with van der Waals surface area (Å²) in [6.07, 6.45) is 0.311. The molecule has 0 aliphatic heterocycles. The lowest BCUT2D eigenvalue weighted by Gasteiger charge is -2.21. The summed E-state index contributed by atoms with van der Waals surface area (Å²) in [7, 11) is 0. The predicted octanol–water partition coefficient (Wildman–Crippen LogP) is 4.03. The van der Waals surface area contributed by atoms with E-state index in [0.717, 1.165) is 23.3 Å². The molecule has 22 heavy (non-hydrogen) atoms. The third-order valence-corrected chi connectivity index (χ3v) is 3.69. The lowest BCUT2D eigenvalue weighted by Crippen LogP contribution is -2.38. The van der Waals surface area contributed by atoms with Crippen LogP contribution in [0.3, 0.4) is 0 Å². The first kappa shape index (κ1) is 16.1. The van der Waals surface area contributed by atoms with E-state index in [4.69, 9.17) is 4.74 Å². The second kappa shape index (κ2) is 7.64. The molecule has 116 valence electrons. The van der Waals surface area contributed by atoms with Crippen LogP contribution in [0.2, 0.25) is 0 Å². The highest BCUT2D eigenvalue weighted by Gasteiger charge is 2.19. The van der Waals surface area contributed by atoms with Gasteiger partial charge in [-0.15, -0.1) is 0 Å². The van der Waals surface area contributed by atoms with Crippen molar-refractivity contribution in [3.63, 3.8) is 0 Å². The first-order valence-corrected chi connectivity index (χ1v) is 7.69. The van der Waals surface area contributed by atoms with Gasteiger partial charge in [0.25, 0.3) is 5.91 Å². The van der Waals surface area contributed by atoms with Crippen LogP contribution in [0.5, 0.6) is 5.75 Å². The SMILES string of the molecule is CCC(NC(=O)C(C)Oc1ccccc1C)c1ccccc1. The summed E-state index contributed by atoms with van der Waals surface area (Å²) in [4.78, 5) is 12.4.